The van der Waals surface area contributed by atoms with E-state index in [-0.39, 0.29) is 0 Å². The average Bonchev–Trinajstić information content (AvgIpc) is 2.13. The van der Waals surface area contributed by atoms with Crippen molar-refractivity contribution < 1.29 is 0 Å². The molecular formula is C11H11ClN2. The Hall–Kier alpha value is -1.20. The third-order valence-corrected chi connectivity index (χ3v) is 2.72. The maximum absolute atomic E-state index is 8.92. The topological polar surface area (TPSA) is 27.0 Å². The maximum Gasteiger partial charge on any atom is 0.101 e. The van der Waals surface area contributed by atoms with Gasteiger partial charge in [0.1, 0.15) is 6.07 Å². The first-order chi connectivity index (χ1) is 6.70. The number of anilines is 1. The second-order valence-corrected chi connectivity index (χ2v) is 4.22. The van der Waals surface area contributed by atoms with Gasteiger partial charge in [0.25, 0.3) is 0 Å². The number of halogens is 1. The van der Waals surface area contributed by atoms with E-state index in [1.165, 1.54) is 0 Å². The van der Waals surface area contributed by atoms with Crippen molar-refractivity contribution in [3.05, 3.63) is 28.8 Å². The highest BCUT2D eigenvalue weighted by Crippen LogP contribution is 2.29. The highest BCUT2D eigenvalue weighted by atomic mass is 35.5. The van der Waals surface area contributed by atoms with Crippen LogP contribution in [0.4, 0.5) is 5.69 Å². The van der Waals surface area contributed by atoms with Crippen LogP contribution in [0.15, 0.2) is 18.2 Å². The van der Waals surface area contributed by atoms with Crippen LogP contribution in [0, 0.1) is 17.2 Å². The van der Waals surface area contributed by atoms with Gasteiger partial charge in [0, 0.05) is 18.1 Å². The number of nitriles is 1. The second kappa shape index (κ2) is 3.51. The molecule has 1 fully saturated rings. The number of hydrogen-bond acceptors (Lipinski definition) is 2. The Bertz CT molecular complexity index is 389. The van der Waals surface area contributed by atoms with E-state index in [0.717, 1.165) is 24.7 Å². The number of rotatable bonds is 1. The predicted molar refractivity (Wildman–Crippen MR) is 57.5 cm³/mol. The predicted octanol–water partition coefficient (Wildman–Crippen LogP) is 2.67. The molecule has 0 radical (unpaired) electrons. The van der Waals surface area contributed by atoms with Gasteiger partial charge in [-0.15, -0.1) is 0 Å². The molecule has 0 amide bonds. The Morgan fingerprint density at radius 3 is 2.79 bits per heavy atom. The lowest BCUT2D eigenvalue weighted by atomic mass is 10.0. The minimum atomic E-state index is 0.693. The third-order valence-electron chi connectivity index (χ3n) is 2.49. The summed E-state index contributed by atoms with van der Waals surface area (Å²) in [5.41, 5.74) is 1.68. The molecule has 1 saturated heterocycles. The normalized spacial score (nSPS) is 16.2. The molecule has 1 heterocycles. The van der Waals surface area contributed by atoms with Crippen LogP contribution in [0.5, 0.6) is 0 Å². The SMILES string of the molecule is CC1CN(c2cc(Cl)ccc2C#N)C1. The van der Waals surface area contributed by atoms with Gasteiger partial charge in [0.2, 0.25) is 0 Å². The van der Waals surface area contributed by atoms with Gasteiger partial charge in [-0.2, -0.15) is 5.26 Å². The summed E-state index contributed by atoms with van der Waals surface area (Å²) >= 11 is 5.90. The first kappa shape index (κ1) is 9.36. The highest BCUT2D eigenvalue weighted by molar-refractivity contribution is 6.30. The van der Waals surface area contributed by atoms with Crippen LogP contribution >= 0.6 is 11.6 Å². The summed E-state index contributed by atoms with van der Waals surface area (Å²) in [6.45, 7) is 4.25. The highest BCUT2D eigenvalue weighted by Gasteiger charge is 2.24. The van der Waals surface area contributed by atoms with Crippen molar-refractivity contribution in [3.63, 3.8) is 0 Å². The van der Waals surface area contributed by atoms with E-state index in [4.69, 9.17) is 16.9 Å². The Balaban J connectivity index is 2.32. The molecule has 0 aliphatic carbocycles. The average molecular weight is 207 g/mol. The number of benzene rings is 1. The van der Waals surface area contributed by atoms with Gasteiger partial charge in [-0.1, -0.05) is 18.5 Å². The van der Waals surface area contributed by atoms with Crippen LogP contribution in [0.2, 0.25) is 5.02 Å². The van der Waals surface area contributed by atoms with E-state index in [1.807, 2.05) is 6.07 Å². The van der Waals surface area contributed by atoms with Crippen molar-refractivity contribution in [2.45, 2.75) is 6.92 Å². The molecule has 1 aromatic rings. The quantitative estimate of drug-likeness (QED) is 0.707. The summed E-state index contributed by atoms with van der Waals surface area (Å²) in [6.07, 6.45) is 0. The van der Waals surface area contributed by atoms with Gasteiger partial charge in [-0.3, -0.25) is 0 Å². The van der Waals surface area contributed by atoms with Gasteiger partial charge in [-0.25, -0.2) is 0 Å². The lowest BCUT2D eigenvalue weighted by Gasteiger charge is -2.39. The van der Waals surface area contributed by atoms with Crippen LogP contribution in [0.25, 0.3) is 0 Å². The fourth-order valence-electron chi connectivity index (χ4n) is 1.76. The monoisotopic (exact) mass is 206 g/mol. The zero-order chi connectivity index (χ0) is 10.1. The first-order valence-electron chi connectivity index (χ1n) is 4.65. The molecule has 1 aromatic carbocycles. The van der Waals surface area contributed by atoms with Crippen LogP contribution in [-0.4, -0.2) is 13.1 Å². The Morgan fingerprint density at radius 2 is 2.21 bits per heavy atom. The van der Waals surface area contributed by atoms with E-state index in [2.05, 4.69) is 17.9 Å². The summed E-state index contributed by atoms with van der Waals surface area (Å²) in [4.78, 5) is 2.19. The molecule has 14 heavy (non-hydrogen) atoms. The zero-order valence-electron chi connectivity index (χ0n) is 8.00. The van der Waals surface area contributed by atoms with Crippen LogP contribution in [-0.2, 0) is 0 Å². The smallest absolute Gasteiger partial charge is 0.101 e. The summed E-state index contributed by atoms with van der Waals surface area (Å²) in [6, 6.07) is 7.59. The molecule has 0 bridgehead atoms. The Kier molecular flexibility index (Phi) is 2.35. The summed E-state index contributed by atoms with van der Waals surface area (Å²) in [7, 11) is 0. The van der Waals surface area contributed by atoms with Gasteiger partial charge in [0.05, 0.1) is 11.3 Å². The van der Waals surface area contributed by atoms with E-state index >= 15 is 0 Å². The lowest BCUT2D eigenvalue weighted by Crippen LogP contribution is -2.45. The standard InChI is InChI=1S/C11H11ClN2/c1-8-6-14(7-8)11-4-10(12)3-2-9(11)5-13/h2-4,8H,6-7H2,1H3. The molecule has 2 rings (SSSR count). The second-order valence-electron chi connectivity index (χ2n) is 3.78. The van der Waals surface area contributed by atoms with Crippen LogP contribution in [0.1, 0.15) is 12.5 Å². The third kappa shape index (κ3) is 1.56. The zero-order valence-corrected chi connectivity index (χ0v) is 8.75. The fraction of sp³-hybridized carbons (Fsp3) is 0.364. The van der Waals surface area contributed by atoms with Crippen molar-refractivity contribution in [1.82, 2.24) is 0 Å². The molecule has 0 atom stereocenters. The minimum absolute atomic E-state index is 0.693. The van der Waals surface area contributed by atoms with Crippen molar-refractivity contribution in [2.75, 3.05) is 18.0 Å². The fourth-order valence-corrected chi connectivity index (χ4v) is 1.92. The van der Waals surface area contributed by atoms with Crippen molar-refractivity contribution in [3.8, 4) is 6.07 Å². The summed E-state index contributed by atoms with van der Waals surface area (Å²) < 4.78 is 0. The largest absolute Gasteiger partial charge is 0.370 e. The van der Waals surface area contributed by atoms with Crippen LogP contribution < -0.4 is 4.90 Å². The van der Waals surface area contributed by atoms with Gasteiger partial charge in [0.15, 0.2) is 0 Å². The maximum atomic E-state index is 8.92. The van der Waals surface area contributed by atoms with Gasteiger partial charge < -0.3 is 4.90 Å². The molecule has 3 heteroatoms. The molecule has 1 aliphatic rings. The molecule has 72 valence electrons. The Labute approximate surface area is 88.7 Å². The molecule has 1 aliphatic heterocycles. The molecular weight excluding hydrogens is 196 g/mol. The Morgan fingerprint density at radius 1 is 1.50 bits per heavy atom. The molecule has 0 spiro atoms. The molecule has 0 unspecified atom stereocenters. The van der Waals surface area contributed by atoms with Gasteiger partial charge >= 0.3 is 0 Å². The first-order valence-corrected chi connectivity index (χ1v) is 5.03. The molecule has 2 nitrogen and oxygen atoms in total. The molecule has 0 saturated carbocycles. The van der Waals surface area contributed by atoms with Crippen molar-refractivity contribution >= 4 is 17.3 Å². The molecule has 0 aromatic heterocycles. The van der Waals surface area contributed by atoms with E-state index in [9.17, 15) is 0 Å². The van der Waals surface area contributed by atoms with Gasteiger partial charge in [-0.05, 0) is 24.1 Å². The van der Waals surface area contributed by atoms with Crippen LogP contribution in [0.3, 0.4) is 0 Å². The summed E-state index contributed by atoms with van der Waals surface area (Å²) in [5, 5.41) is 9.62. The van der Waals surface area contributed by atoms with E-state index in [0.29, 0.717) is 10.6 Å². The minimum Gasteiger partial charge on any atom is -0.370 e. The molecule has 0 N–H and O–H groups in total. The van der Waals surface area contributed by atoms with Crippen molar-refractivity contribution in [2.24, 2.45) is 5.92 Å². The number of hydrogen-bond donors (Lipinski definition) is 0. The van der Waals surface area contributed by atoms with Crippen molar-refractivity contribution in [1.29, 1.82) is 5.26 Å². The summed E-state index contributed by atoms with van der Waals surface area (Å²) in [5.74, 6) is 0.723. The number of nitrogens with zero attached hydrogens (tertiary/aromatic N) is 2. The lowest BCUT2D eigenvalue weighted by molar-refractivity contribution is 0.447. The van der Waals surface area contributed by atoms with E-state index < -0.39 is 0 Å². The van der Waals surface area contributed by atoms with E-state index in [1.54, 1.807) is 12.1 Å².